The molecule has 2 atom stereocenters. The van der Waals surface area contributed by atoms with Crippen molar-refractivity contribution in [3.63, 3.8) is 0 Å². The third-order valence-electron chi connectivity index (χ3n) is 3.39. The van der Waals surface area contributed by atoms with Crippen LogP contribution in [0.5, 0.6) is 0 Å². The Balaban J connectivity index is 0.00000220. The van der Waals surface area contributed by atoms with Crippen LogP contribution in [0.15, 0.2) is 23.1 Å². The van der Waals surface area contributed by atoms with E-state index in [4.69, 9.17) is 17.3 Å². The molecule has 0 radical (unpaired) electrons. The van der Waals surface area contributed by atoms with Crippen molar-refractivity contribution < 1.29 is 4.79 Å². The summed E-state index contributed by atoms with van der Waals surface area (Å²) in [6.07, 6.45) is 1.62. The fraction of sp³-hybridized carbons (Fsp3) is 0.533. The molecule has 3 nitrogen and oxygen atoms in total. The van der Waals surface area contributed by atoms with E-state index in [0.29, 0.717) is 17.4 Å². The van der Waals surface area contributed by atoms with Gasteiger partial charge in [0.1, 0.15) is 0 Å². The molecule has 0 saturated heterocycles. The molecule has 0 fully saturated rings. The summed E-state index contributed by atoms with van der Waals surface area (Å²) in [5.74, 6) is 1.35. The van der Waals surface area contributed by atoms with E-state index in [1.807, 2.05) is 18.2 Å². The van der Waals surface area contributed by atoms with E-state index in [-0.39, 0.29) is 24.4 Å². The van der Waals surface area contributed by atoms with Crippen LogP contribution in [0.3, 0.4) is 0 Å². The Morgan fingerprint density at radius 3 is 2.90 bits per heavy atom. The standard InChI is InChI=1S/C15H21ClN2OS.ClH/c1-9(2)7-12(17)15(19)18-13-5-6-20-14-4-3-10(16)8-11(13)14;/h3-4,8-9,12-13H,5-7,17H2,1-2H3,(H,18,19);1H/t12-,13?;/m0./s1. The minimum absolute atomic E-state index is 0. The number of nitrogens with two attached hydrogens (primary N) is 1. The van der Waals surface area contributed by atoms with Gasteiger partial charge in [-0.05, 0) is 42.5 Å². The molecular weight excluding hydrogens is 327 g/mol. The lowest BCUT2D eigenvalue weighted by molar-refractivity contribution is -0.123. The summed E-state index contributed by atoms with van der Waals surface area (Å²) in [5, 5.41) is 3.78. The maximum Gasteiger partial charge on any atom is 0.237 e. The summed E-state index contributed by atoms with van der Waals surface area (Å²) in [5.41, 5.74) is 7.05. The van der Waals surface area contributed by atoms with Crippen molar-refractivity contribution in [2.45, 2.75) is 43.7 Å². The highest BCUT2D eigenvalue weighted by atomic mass is 35.5. The first-order valence-corrected chi connectivity index (χ1v) is 8.32. The fourth-order valence-electron chi connectivity index (χ4n) is 2.41. The molecular formula is C15H22Cl2N2OS. The van der Waals surface area contributed by atoms with Gasteiger partial charge in [-0.15, -0.1) is 24.2 Å². The van der Waals surface area contributed by atoms with Gasteiger partial charge >= 0.3 is 0 Å². The zero-order chi connectivity index (χ0) is 14.7. The quantitative estimate of drug-likeness (QED) is 0.870. The van der Waals surface area contributed by atoms with E-state index in [9.17, 15) is 4.79 Å². The van der Waals surface area contributed by atoms with Crippen molar-refractivity contribution in [3.8, 4) is 0 Å². The molecule has 0 aliphatic carbocycles. The number of amides is 1. The second-order valence-corrected chi connectivity index (χ2v) is 7.19. The Hall–Kier alpha value is -0.420. The average Bonchev–Trinajstić information content (AvgIpc) is 2.38. The predicted molar refractivity (Wildman–Crippen MR) is 92.4 cm³/mol. The van der Waals surface area contributed by atoms with Crippen LogP contribution in [0.4, 0.5) is 0 Å². The summed E-state index contributed by atoms with van der Waals surface area (Å²) in [6, 6.07) is 5.45. The van der Waals surface area contributed by atoms with Crippen LogP contribution in [0, 0.1) is 5.92 Å². The van der Waals surface area contributed by atoms with Crippen LogP contribution >= 0.6 is 35.8 Å². The molecule has 1 aliphatic heterocycles. The molecule has 1 heterocycles. The largest absolute Gasteiger partial charge is 0.348 e. The molecule has 1 aromatic rings. The molecule has 1 unspecified atom stereocenters. The monoisotopic (exact) mass is 348 g/mol. The van der Waals surface area contributed by atoms with E-state index in [1.54, 1.807) is 11.8 Å². The number of benzene rings is 1. The zero-order valence-corrected chi connectivity index (χ0v) is 14.7. The van der Waals surface area contributed by atoms with Crippen molar-refractivity contribution in [3.05, 3.63) is 28.8 Å². The lowest BCUT2D eigenvalue weighted by Crippen LogP contribution is -2.43. The van der Waals surface area contributed by atoms with Crippen LogP contribution in [0.25, 0.3) is 0 Å². The van der Waals surface area contributed by atoms with Crippen LogP contribution in [0.1, 0.15) is 38.3 Å². The first-order chi connectivity index (χ1) is 9.47. The average molecular weight is 349 g/mol. The van der Waals surface area contributed by atoms with Gasteiger partial charge in [0.05, 0.1) is 12.1 Å². The van der Waals surface area contributed by atoms with Crippen LogP contribution < -0.4 is 11.1 Å². The summed E-state index contributed by atoms with van der Waals surface area (Å²) in [7, 11) is 0. The van der Waals surface area contributed by atoms with Gasteiger partial charge in [-0.1, -0.05) is 25.4 Å². The highest BCUT2D eigenvalue weighted by molar-refractivity contribution is 7.99. The minimum Gasteiger partial charge on any atom is -0.348 e. The molecule has 2 rings (SSSR count). The van der Waals surface area contributed by atoms with Gasteiger partial charge in [0.2, 0.25) is 5.91 Å². The number of fused-ring (bicyclic) bond motifs is 1. The first kappa shape index (κ1) is 18.6. The summed E-state index contributed by atoms with van der Waals surface area (Å²) in [4.78, 5) is 13.4. The number of carbonyl (C=O) groups excluding carboxylic acids is 1. The highest BCUT2D eigenvalue weighted by Gasteiger charge is 2.25. The molecule has 3 N–H and O–H groups in total. The number of nitrogens with one attached hydrogen (secondary N) is 1. The fourth-order valence-corrected chi connectivity index (χ4v) is 3.70. The van der Waals surface area contributed by atoms with E-state index in [2.05, 4.69) is 19.2 Å². The first-order valence-electron chi connectivity index (χ1n) is 6.95. The summed E-state index contributed by atoms with van der Waals surface area (Å²) >= 11 is 7.87. The number of halogens is 2. The van der Waals surface area contributed by atoms with Crippen molar-refractivity contribution in [2.75, 3.05) is 5.75 Å². The summed E-state index contributed by atoms with van der Waals surface area (Å²) in [6.45, 7) is 4.14. The molecule has 0 spiro atoms. The molecule has 1 aromatic carbocycles. The molecule has 6 heteroatoms. The third kappa shape index (κ3) is 5.06. The molecule has 0 aromatic heterocycles. The Labute approximate surface area is 141 Å². The maximum atomic E-state index is 12.2. The highest BCUT2D eigenvalue weighted by Crippen LogP contribution is 2.37. The zero-order valence-electron chi connectivity index (χ0n) is 12.3. The molecule has 21 heavy (non-hydrogen) atoms. The van der Waals surface area contributed by atoms with E-state index in [1.165, 1.54) is 4.90 Å². The van der Waals surface area contributed by atoms with Crippen LogP contribution in [-0.2, 0) is 4.79 Å². The number of thioether (sulfide) groups is 1. The molecule has 1 amide bonds. The lowest BCUT2D eigenvalue weighted by Gasteiger charge is -2.27. The number of carbonyl (C=O) groups is 1. The molecule has 0 bridgehead atoms. The van der Waals surface area contributed by atoms with Gasteiger partial charge in [-0.3, -0.25) is 4.79 Å². The van der Waals surface area contributed by atoms with Crippen molar-refractivity contribution in [2.24, 2.45) is 11.7 Å². The van der Waals surface area contributed by atoms with Crippen molar-refractivity contribution >= 4 is 41.7 Å². The van der Waals surface area contributed by atoms with Gasteiger partial charge in [0.15, 0.2) is 0 Å². The molecule has 1 aliphatic rings. The van der Waals surface area contributed by atoms with Gasteiger partial charge < -0.3 is 11.1 Å². The Morgan fingerprint density at radius 2 is 2.24 bits per heavy atom. The van der Waals surface area contributed by atoms with E-state index < -0.39 is 6.04 Å². The lowest BCUT2D eigenvalue weighted by atomic mass is 10.0. The normalized spacial score (nSPS) is 18.6. The van der Waals surface area contributed by atoms with E-state index in [0.717, 1.165) is 17.7 Å². The van der Waals surface area contributed by atoms with Crippen LogP contribution in [-0.4, -0.2) is 17.7 Å². The second kappa shape index (κ2) is 8.28. The number of rotatable bonds is 4. The maximum absolute atomic E-state index is 12.2. The van der Waals surface area contributed by atoms with Gasteiger partial charge in [0.25, 0.3) is 0 Å². The van der Waals surface area contributed by atoms with E-state index >= 15 is 0 Å². The minimum atomic E-state index is -0.438. The van der Waals surface area contributed by atoms with Gasteiger partial charge in [-0.25, -0.2) is 0 Å². The third-order valence-corrected chi connectivity index (χ3v) is 4.75. The van der Waals surface area contributed by atoms with Crippen LogP contribution in [0.2, 0.25) is 5.02 Å². The van der Waals surface area contributed by atoms with Gasteiger partial charge in [-0.2, -0.15) is 0 Å². The SMILES string of the molecule is CC(C)C[C@H](N)C(=O)NC1CCSc2ccc(Cl)cc21.Cl. The Morgan fingerprint density at radius 1 is 1.52 bits per heavy atom. The second-order valence-electron chi connectivity index (χ2n) is 5.62. The van der Waals surface area contributed by atoms with Gasteiger partial charge in [0, 0.05) is 15.7 Å². The van der Waals surface area contributed by atoms with Crippen molar-refractivity contribution in [1.29, 1.82) is 0 Å². The predicted octanol–water partition coefficient (Wildman–Crippen LogP) is 3.79. The summed E-state index contributed by atoms with van der Waals surface area (Å²) < 4.78 is 0. The topological polar surface area (TPSA) is 55.1 Å². The molecule has 118 valence electrons. The number of hydrogen-bond donors (Lipinski definition) is 2. The molecule has 0 saturated carbocycles. The Kier molecular flexibility index (Phi) is 7.34. The van der Waals surface area contributed by atoms with Crippen molar-refractivity contribution in [1.82, 2.24) is 5.32 Å². The Bertz CT molecular complexity index is 497. The number of hydrogen-bond acceptors (Lipinski definition) is 3. The smallest absolute Gasteiger partial charge is 0.237 e.